The van der Waals surface area contributed by atoms with Gasteiger partial charge in [0.1, 0.15) is 0 Å². The van der Waals surface area contributed by atoms with Crippen LogP contribution in [-0.2, 0) is 17.6 Å². The fourth-order valence-electron chi connectivity index (χ4n) is 2.93. The third-order valence-corrected chi connectivity index (χ3v) is 5.28. The monoisotopic (exact) mass is 336 g/mol. The average Bonchev–Trinajstić information content (AvgIpc) is 2.85. The SMILES string of the molecule is CCN(CC(=O)NC(C)(C)C)C(=O)c1cc2c(s1)CCC(C)C2. The Kier molecular flexibility index (Phi) is 5.50. The predicted octanol–water partition coefficient (Wildman–Crippen LogP) is 3.25. The van der Waals surface area contributed by atoms with E-state index in [-0.39, 0.29) is 23.9 Å². The molecule has 1 aliphatic carbocycles. The van der Waals surface area contributed by atoms with Crippen molar-refractivity contribution in [2.75, 3.05) is 13.1 Å². The fourth-order valence-corrected chi connectivity index (χ4v) is 4.10. The van der Waals surface area contributed by atoms with E-state index in [0.717, 1.165) is 17.7 Å². The molecule has 0 saturated carbocycles. The van der Waals surface area contributed by atoms with Crippen LogP contribution < -0.4 is 5.32 Å². The number of hydrogen-bond donors (Lipinski definition) is 1. The van der Waals surface area contributed by atoms with Gasteiger partial charge < -0.3 is 10.2 Å². The van der Waals surface area contributed by atoms with Crippen LogP contribution >= 0.6 is 11.3 Å². The zero-order valence-corrected chi connectivity index (χ0v) is 15.7. The van der Waals surface area contributed by atoms with Crippen molar-refractivity contribution >= 4 is 23.2 Å². The second-order valence-electron chi connectivity index (χ2n) is 7.52. The molecule has 1 N–H and O–H groups in total. The summed E-state index contributed by atoms with van der Waals surface area (Å²) in [6.45, 7) is 10.7. The third-order valence-electron chi connectivity index (χ3n) is 4.06. The second kappa shape index (κ2) is 7.04. The van der Waals surface area contributed by atoms with Crippen LogP contribution in [0.5, 0.6) is 0 Å². The van der Waals surface area contributed by atoms with Gasteiger partial charge in [0.15, 0.2) is 0 Å². The third kappa shape index (κ3) is 4.80. The van der Waals surface area contributed by atoms with Crippen LogP contribution in [0.3, 0.4) is 0 Å². The summed E-state index contributed by atoms with van der Waals surface area (Å²) in [6, 6.07) is 2.04. The van der Waals surface area contributed by atoms with Gasteiger partial charge in [-0.15, -0.1) is 11.3 Å². The molecule has 0 spiro atoms. The van der Waals surface area contributed by atoms with E-state index in [0.29, 0.717) is 12.5 Å². The van der Waals surface area contributed by atoms with Crippen molar-refractivity contribution < 1.29 is 9.59 Å². The lowest BCUT2D eigenvalue weighted by molar-refractivity contribution is -0.123. The first-order chi connectivity index (χ1) is 10.7. The molecule has 0 radical (unpaired) electrons. The molecule has 4 nitrogen and oxygen atoms in total. The highest BCUT2D eigenvalue weighted by Crippen LogP contribution is 2.32. The number of amides is 2. The summed E-state index contributed by atoms with van der Waals surface area (Å²) in [5, 5.41) is 2.92. The van der Waals surface area contributed by atoms with Crippen molar-refractivity contribution in [1.29, 1.82) is 0 Å². The summed E-state index contributed by atoms with van der Waals surface area (Å²) < 4.78 is 0. The summed E-state index contributed by atoms with van der Waals surface area (Å²) in [7, 11) is 0. The number of likely N-dealkylation sites (N-methyl/N-ethyl adjacent to an activating group) is 1. The number of carbonyl (C=O) groups excluding carboxylic acids is 2. The maximum absolute atomic E-state index is 12.7. The smallest absolute Gasteiger partial charge is 0.264 e. The summed E-state index contributed by atoms with van der Waals surface area (Å²) in [4.78, 5) is 28.6. The van der Waals surface area contributed by atoms with Gasteiger partial charge >= 0.3 is 0 Å². The second-order valence-corrected chi connectivity index (χ2v) is 8.66. The Balaban J connectivity index is 2.07. The maximum Gasteiger partial charge on any atom is 0.264 e. The molecule has 1 aliphatic rings. The van der Waals surface area contributed by atoms with Crippen molar-refractivity contribution in [2.24, 2.45) is 5.92 Å². The van der Waals surface area contributed by atoms with E-state index < -0.39 is 0 Å². The van der Waals surface area contributed by atoms with Gasteiger partial charge in [-0.3, -0.25) is 9.59 Å². The molecule has 0 fully saturated rings. The molecule has 5 heteroatoms. The highest BCUT2D eigenvalue weighted by Gasteiger charge is 2.25. The summed E-state index contributed by atoms with van der Waals surface area (Å²) >= 11 is 1.61. The molecule has 1 aromatic heterocycles. The Labute approximate surface area is 143 Å². The van der Waals surface area contributed by atoms with Crippen LogP contribution in [0, 0.1) is 5.92 Å². The number of carbonyl (C=O) groups is 2. The molecule has 1 atom stereocenters. The minimum atomic E-state index is -0.280. The first-order valence-electron chi connectivity index (χ1n) is 8.41. The molecular weight excluding hydrogens is 308 g/mol. The van der Waals surface area contributed by atoms with Crippen LogP contribution in [-0.4, -0.2) is 35.3 Å². The van der Waals surface area contributed by atoms with E-state index in [4.69, 9.17) is 0 Å². The molecule has 0 bridgehead atoms. The van der Waals surface area contributed by atoms with E-state index in [1.54, 1.807) is 16.2 Å². The molecule has 0 aliphatic heterocycles. The van der Waals surface area contributed by atoms with Crippen molar-refractivity contribution in [3.05, 3.63) is 21.4 Å². The number of thiophene rings is 1. The molecule has 2 amide bonds. The van der Waals surface area contributed by atoms with Gasteiger partial charge in [-0.1, -0.05) is 6.92 Å². The van der Waals surface area contributed by atoms with Crippen LogP contribution in [0.15, 0.2) is 6.07 Å². The lowest BCUT2D eigenvalue weighted by atomic mass is 9.90. The molecule has 0 saturated heterocycles. The molecule has 1 aromatic rings. The molecule has 2 rings (SSSR count). The Morgan fingerprint density at radius 1 is 1.39 bits per heavy atom. The normalized spacial score (nSPS) is 17.5. The lowest BCUT2D eigenvalue weighted by Crippen LogP contribution is -2.47. The molecule has 128 valence electrons. The number of nitrogens with zero attached hydrogens (tertiary/aromatic N) is 1. The average molecular weight is 337 g/mol. The molecule has 23 heavy (non-hydrogen) atoms. The number of fused-ring (bicyclic) bond motifs is 1. The molecular formula is C18H28N2O2S. The van der Waals surface area contributed by atoms with Crippen molar-refractivity contribution in [2.45, 2.75) is 59.4 Å². The fraction of sp³-hybridized carbons (Fsp3) is 0.667. The van der Waals surface area contributed by atoms with Crippen molar-refractivity contribution in [3.8, 4) is 0 Å². The highest BCUT2D eigenvalue weighted by atomic mass is 32.1. The van der Waals surface area contributed by atoms with E-state index in [9.17, 15) is 9.59 Å². The zero-order valence-electron chi connectivity index (χ0n) is 14.9. The van der Waals surface area contributed by atoms with Crippen LogP contribution in [0.25, 0.3) is 0 Å². The van der Waals surface area contributed by atoms with Gasteiger partial charge in [-0.25, -0.2) is 0 Å². The van der Waals surface area contributed by atoms with Crippen LogP contribution in [0.4, 0.5) is 0 Å². The van der Waals surface area contributed by atoms with Gasteiger partial charge in [0, 0.05) is 17.0 Å². The quantitative estimate of drug-likeness (QED) is 0.917. The Hall–Kier alpha value is -1.36. The Bertz CT molecular complexity index is 586. The topological polar surface area (TPSA) is 49.4 Å². The number of hydrogen-bond acceptors (Lipinski definition) is 3. The number of aryl methyl sites for hydroxylation is 1. The molecule has 1 heterocycles. The Morgan fingerprint density at radius 2 is 2.09 bits per heavy atom. The number of rotatable bonds is 4. The van der Waals surface area contributed by atoms with E-state index in [1.165, 1.54) is 16.9 Å². The number of nitrogens with one attached hydrogen (secondary N) is 1. The van der Waals surface area contributed by atoms with E-state index in [2.05, 4.69) is 12.2 Å². The van der Waals surface area contributed by atoms with Gasteiger partial charge in [-0.05, 0) is 64.5 Å². The minimum Gasteiger partial charge on any atom is -0.350 e. The van der Waals surface area contributed by atoms with Crippen LogP contribution in [0.1, 0.15) is 61.2 Å². The first kappa shape index (κ1) is 18.0. The highest BCUT2D eigenvalue weighted by molar-refractivity contribution is 7.14. The Morgan fingerprint density at radius 3 is 2.70 bits per heavy atom. The summed E-state index contributed by atoms with van der Waals surface area (Å²) in [6.07, 6.45) is 3.34. The lowest BCUT2D eigenvalue weighted by Gasteiger charge is -2.24. The predicted molar refractivity (Wildman–Crippen MR) is 95.0 cm³/mol. The van der Waals surface area contributed by atoms with Crippen LogP contribution in [0.2, 0.25) is 0 Å². The summed E-state index contributed by atoms with van der Waals surface area (Å²) in [5.41, 5.74) is 1.05. The van der Waals surface area contributed by atoms with E-state index in [1.807, 2.05) is 33.8 Å². The standard InChI is InChI=1S/C18H28N2O2S/c1-6-20(11-16(21)19-18(3,4)5)17(22)15-10-13-9-12(2)7-8-14(13)23-15/h10,12H,6-9,11H2,1-5H3,(H,19,21). The summed E-state index contributed by atoms with van der Waals surface area (Å²) in [5.74, 6) is 0.561. The van der Waals surface area contributed by atoms with Gasteiger partial charge in [-0.2, -0.15) is 0 Å². The van der Waals surface area contributed by atoms with Crippen molar-refractivity contribution in [1.82, 2.24) is 10.2 Å². The molecule has 1 unspecified atom stereocenters. The van der Waals surface area contributed by atoms with Gasteiger partial charge in [0.2, 0.25) is 5.91 Å². The molecule has 0 aromatic carbocycles. The van der Waals surface area contributed by atoms with Crippen molar-refractivity contribution in [3.63, 3.8) is 0 Å². The first-order valence-corrected chi connectivity index (χ1v) is 9.23. The zero-order chi connectivity index (χ0) is 17.2. The van der Waals surface area contributed by atoms with Gasteiger partial charge in [0.05, 0.1) is 11.4 Å². The minimum absolute atomic E-state index is 0.0244. The van der Waals surface area contributed by atoms with Gasteiger partial charge in [0.25, 0.3) is 5.91 Å². The largest absolute Gasteiger partial charge is 0.350 e. The van der Waals surface area contributed by atoms with E-state index >= 15 is 0 Å². The maximum atomic E-state index is 12.7.